The van der Waals surface area contributed by atoms with E-state index < -0.39 is 29.6 Å². The highest BCUT2D eigenvalue weighted by Crippen LogP contribution is 2.56. The summed E-state index contributed by atoms with van der Waals surface area (Å²) in [5.74, 6) is -1.77. The topological polar surface area (TPSA) is 87.7 Å². The molecular formula is C30H39N3O4S. The van der Waals surface area contributed by atoms with Gasteiger partial charge in [-0.3, -0.25) is 14.4 Å². The summed E-state index contributed by atoms with van der Waals surface area (Å²) in [6, 6.07) is 7.14. The van der Waals surface area contributed by atoms with Gasteiger partial charge in [0, 0.05) is 22.7 Å². The number of hydrogen-bond acceptors (Lipinski definition) is 5. The maximum absolute atomic E-state index is 14.3. The SMILES string of the molecule is CSc1cccc(NC(=O)[C@H]2[C@@H]3C=C[C@]4(O3)[C@@H]2C(=O)N(C2CCCCCC2)[C@@H]4C(=O)NC2CCCCC2)c1. The number of anilines is 1. The van der Waals surface area contributed by atoms with Crippen molar-refractivity contribution in [3.63, 3.8) is 0 Å². The van der Waals surface area contributed by atoms with Crippen molar-refractivity contribution in [2.75, 3.05) is 11.6 Å². The van der Waals surface area contributed by atoms with Crippen molar-refractivity contribution in [3.05, 3.63) is 36.4 Å². The molecular weight excluding hydrogens is 498 g/mol. The van der Waals surface area contributed by atoms with Crippen molar-refractivity contribution in [2.45, 2.75) is 105 Å². The molecule has 7 nitrogen and oxygen atoms in total. The third kappa shape index (κ3) is 4.47. The maximum Gasteiger partial charge on any atom is 0.246 e. The first-order valence-electron chi connectivity index (χ1n) is 14.5. The molecule has 6 rings (SSSR count). The second-order valence-electron chi connectivity index (χ2n) is 11.7. The lowest BCUT2D eigenvalue weighted by molar-refractivity contribution is -0.144. The van der Waals surface area contributed by atoms with E-state index in [1.54, 1.807) is 11.8 Å². The first-order valence-corrected chi connectivity index (χ1v) is 15.7. The summed E-state index contributed by atoms with van der Waals surface area (Å²) in [6.07, 6.45) is 16.9. The van der Waals surface area contributed by atoms with Crippen LogP contribution in [-0.2, 0) is 19.1 Å². The zero-order valence-corrected chi connectivity index (χ0v) is 23.0. The highest BCUT2D eigenvalue weighted by Gasteiger charge is 2.73. The number of benzene rings is 1. The van der Waals surface area contributed by atoms with Crippen LogP contribution in [0.5, 0.6) is 0 Å². The van der Waals surface area contributed by atoms with Gasteiger partial charge in [-0.1, -0.05) is 63.2 Å². The van der Waals surface area contributed by atoms with Gasteiger partial charge >= 0.3 is 0 Å². The van der Waals surface area contributed by atoms with Crippen LogP contribution in [-0.4, -0.2) is 58.7 Å². The zero-order chi connectivity index (χ0) is 26.3. The fourth-order valence-electron chi connectivity index (χ4n) is 7.59. The molecule has 3 heterocycles. The largest absolute Gasteiger partial charge is 0.359 e. The van der Waals surface area contributed by atoms with E-state index in [2.05, 4.69) is 10.6 Å². The predicted octanol–water partition coefficient (Wildman–Crippen LogP) is 4.67. The molecule has 2 saturated heterocycles. The van der Waals surface area contributed by atoms with Gasteiger partial charge in [-0.2, -0.15) is 0 Å². The number of fused-ring (bicyclic) bond motifs is 1. The van der Waals surface area contributed by atoms with E-state index in [1.165, 1.54) is 6.42 Å². The Kier molecular flexibility index (Phi) is 7.29. The van der Waals surface area contributed by atoms with Crippen molar-refractivity contribution in [1.82, 2.24) is 10.2 Å². The monoisotopic (exact) mass is 537 g/mol. The number of nitrogens with zero attached hydrogens (tertiary/aromatic N) is 1. The lowest BCUT2D eigenvalue weighted by Gasteiger charge is -2.37. The first-order chi connectivity index (χ1) is 18.5. The first kappa shape index (κ1) is 25.9. The van der Waals surface area contributed by atoms with E-state index in [9.17, 15) is 14.4 Å². The Bertz CT molecular complexity index is 1110. The molecule has 1 aromatic carbocycles. The number of thioether (sulfide) groups is 1. The Balaban J connectivity index is 1.31. The average molecular weight is 538 g/mol. The van der Waals surface area contributed by atoms with E-state index in [1.807, 2.05) is 47.6 Å². The molecule has 2 N–H and O–H groups in total. The molecule has 0 radical (unpaired) electrons. The molecule has 5 atom stereocenters. The van der Waals surface area contributed by atoms with E-state index in [4.69, 9.17) is 4.74 Å². The van der Waals surface area contributed by atoms with Crippen LogP contribution in [0.3, 0.4) is 0 Å². The van der Waals surface area contributed by atoms with Crippen molar-refractivity contribution in [2.24, 2.45) is 11.8 Å². The Hall–Kier alpha value is -2.32. The minimum atomic E-state index is -1.09. The Morgan fingerprint density at radius 2 is 1.71 bits per heavy atom. The molecule has 1 aromatic rings. The van der Waals surface area contributed by atoms with Gasteiger partial charge < -0.3 is 20.3 Å². The Morgan fingerprint density at radius 1 is 1.00 bits per heavy atom. The van der Waals surface area contributed by atoms with Crippen molar-refractivity contribution in [3.8, 4) is 0 Å². The van der Waals surface area contributed by atoms with E-state index in [0.717, 1.165) is 69.1 Å². The van der Waals surface area contributed by atoms with Crippen LogP contribution in [0.1, 0.15) is 70.6 Å². The molecule has 3 aliphatic heterocycles. The number of amides is 3. The highest BCUT2D eigenvalue weighted by molar-refractivity contribution is 7.98. The molecule has 204 valence electrons. The standard InChI is InChI=1S/C30H39N3O4S/c1-38-22-15-9-12-20(18-22)32-27(34)24-23-16-17-30(37-23)25(24)29(36)33(21-13-7-2-3-8-14-21)26(30)28(35)31-19-10-5-4-6-11-19/h9,12,15-19,21,23-26H,2-8,10-11,13-14H2,1H3,(H,31,35)(H,32,34)/t23-,24-,25-,26+,30-/m0/s1. The number of nitrogens with one attached hydrogen (secondary N) is 2. The van der Waals surface area contributed by atoms with Gasteiger partial charge in [0.05, 0.1) is 17.9 Å². The lowest BCUT2D eigenvalue weighted by Crippen LogP contribution is -2.58. The number of ether oxygens (including phenoxy) is 1. The zero-order valence-electron chi connectivity index (χ0n) is 22.2. The Labute approximate surface area is 229 Å². The molecule has 0 unspecified atom stereocenters. The fraction of sp³-hybridized carbons (Fsp3) is 0.633. The van der Waals surface area contributed by atoms with Crippen molar-refractivity contribution in [1.29, 1.82) is 0 Å². The van der Waals surface area contributed by atoms with Crippen molar-refractivity contribution < 1.29 is 19.1 Å². The molecule has 0 aromatic heterocycles. The van der Waals surface area contributed by atoms with Gasteiger partial charge in [0.15, 0.2) is 0 Å². The van der Waals surface area contributed by atoms with Crippen LogP contribution in [0.2, 0.25) is 0 Å². The van der Waals surface area contributed by atoms with E-state index in [0.29, 0.717) is 5.69 Å². The highest BCUT2D eigenvalue weighted by atomic mass is 32.2. The molecule has 1 spiro atoms. The van der Waals surface area contributed by atoms with Gasteiger partial charge in [0.1, 0.15) is 11.6 Å². The van der Waals surface area contributed by atoms with Crippen LogP contribution >= 0.6 is 11.8 Å². The maximum atomic E-state index is 14.3. The second kappa shape index (κ2) is 10.7. The van der Waals surface area contributed by atoms with Crippen LogP contribution in [0.25, 0.3) is 0 Å². The summed E-state index contributed by atoms with van der Waals surface area (Å²) in [5.41, 5.74) is -0.379. The van der Waals surface area contributed by atoms with Gasteiger partial charge in [0.25, 0.3) is 0 Å². The summed E-state index contributed by atoms with van der Waals surface area (Å²) < 4.78 is 6.55. The number of likely N-dealkylation sites (tertiary alicyclic amines) is 1. The molecule has 2 aliphatic carbocycles. The number of carbonyl (C=O) groups excluding carboxylic acids is 3. The molecule has 2 bridgehead atoms. The summed E-state index contributed by atoms with van der Waals surface area (Å²) in [7, 11) is 0. The lowest BCUT2D eigenvalue weighted by atomic mass is 9.74. The van der Waals surface area contributed by atoms with E-state index >= 15 is 0 Å². The molecule has 2 saturated carbocycles. The van der Waals surface area contributed by atoms with Crippen LogP contribution in [0.15, 0.2) is 41.3 Å². The van der Waals surface area contributed by atoms with Gasteiger partial charge in [-0.05, 0) is 50.1 Å². The number of hydrogen-bond donors (Lipinski definition) is 2. The average Bonchev–Trinajstić information content (AvgIpc) is 3.48. The van der Waals surface area contributed by atoms with Crippen LogP contribution < -0.4 is 10.6 Å². The minimum absolute atomic E-state index is 0.00472. The second-order valence-corrected chi connectivity index (χ2v) is 12.5. The van der Waals surface area contributed by atoms with Gasteiger partial charge in [-0.15, -0.1) is 11.8 Å². The third-order valence-electron chi connectivity index (χ3n) is 9.37. The molecule has 5 aliphatic rings. The van der Waals surface area contributed by atoms with Crippen LogP contribution in [0.4, 0.5) is 5.69 Å². The minimum Gasteiger partial charge on any atom is -0.359 e. The normalized spacial score (nSPS) is 33.3. The molecule has 3 amide bonds. The predicted molar refractivity (Wildman–Crippen MR) is 148 cm³/mol. The summed E-state index contributed by atoms with van der Waals surface area (Å²) in [5, 5.41) is 6.35. The summed E-state index contributed by atoms with van der Waals surface area (Å²) in [6.45, 7) is 0. The number of rotatable bonds is 6. The summed E-state index contributed by atoms with van der Waals surface area (Å²) >= 11 is 1.61. The molecule has 4 fully saturated rings. The molecule has 38 heavy (non-hydrogen) atoms. The fourth-order valence-corrected chi connectivity index (χ4v) is 8.05. The number of carbonyl (C=O) groups is 3. The quantitative estimate of drug-likeness (QED) is 0.313. The Morgan fingerprint density at radius 3 is 2.45 bits per heavy atom. The van der Waals surface area contributed by atoms with Crippen LogP contribution in [0, 0.1) is 11.8 Å². The van der Waals surface area contributed by atoms with Crippen molar-refractivity contribution >= 4 is 35.2 Å². The molecule has 8 heteroatoms. The van der Waals surface area contributed by atoms with Gasteiger partial charge in [-0.25, -0.2) is 0 Å². The smallest absolute Gasteiger partial charge is 0.246 e. The van der Waals surface area contributed by atoms with E-state index in [-0.39, 0.29) is 29.8 Å². The third-order valence-corrected chi connectivity index (χ3v) is 10.1. The van der Waals surface area contributed by atoms with Gasteiger partial charge in [0.2, 0.25) is 17.7 Å². The summed E-state index contributed by atoms with van der Waals surface area (Å²) in [4.78, 5) is 45.0.